The van der Waals surface area contributed by atoms with E-state index >= 15 is 0 Å². The van der Waals surface area contributed by atoms with Crippen molar-refractivity contribution in [3.05, 3.63) is 35.9 Å². The van der Waals surface area contributed by atoms with Crippen LogP contribution >= 0.6 is 0 Å². The van der Waals surface area contributed by atoms with Crippen molar-refractivity contribution >= 4 is 23.8 Å². The van der Waals surface area contributed by atoms with Crippen LogP contribution < -0.4 is 11.1 Å². The Kier molecular flexibility index (Phi) is 8.27. The number of benzene rings is 1. The number of nitrogens with two attached hydrogens (primary N) is 1. The molecule has 0 fully saturated rings. The molecule has 1 aromatic carbocycles. The summed E-state index contributed by atoms with van der Waals surface area (Å²) in [6.45, 7) is 1.45. The summed E-state index contributed by atoms with van der Waals surface area (Å²) in [5, 5.41) is 2.50. The highest BCUT2D eigenvalue weighted by molar-refractivity contribution is 5.97. The van der Waals surface area contributed by atoms with E-state index in [2.05, 4.69) is 14.8 Å². The lowest BCUT2D eigenvalue weighted by atomic mass is 9.86. The zero-order valence-electron chi connectivity index (χ0n) is 15.1. The molecule has 26 heavy (non-hydrogen) atoms. The Hall–Kier alpha value is -2.90. The quantitative estimate of drug-likeness (QED) is 0.476. The Morgan fingerprint density at radius 1 is 1.04 bits per heavy atom. The van der Waals surface area contributed by atoms with Gasteiger partial charge in [0.2, 0.25) is 11.8 Å². The molecule has 0 saturated heterocycles. The molecule has 0 aliphatic carbocycles. The van der Waals surface area contributed by atoms with Crippen LogP contribution in [0.1, 0.15) is 18.9 Å². The minimum absolute atomic E-state index is 0.127. The summed E-state index contributed by atoms with van der Waals surface area (Å²) >= 11 is 0. The molecule has 0 spiro atoms. The lowest BCUT2D eigenvalue weighted by Crippen LogP contribution is -2.52. The van der Waals surface area contributed by atoms with Gasteiger partial charge in [-0.05, 0) is 12.0 Å². The van der Waals surface area contributed by atoms with E-state index in [0.717, 1.165) is 19.8 Å². The maximum Gasteiger partial charge on any atom is 0.320 e. The van der Waals surface area contributed by atoms with Gasteiger partial charge in [0.15, 0.2) is 5.92 Å². The van der Waals surface area contributed by atoms with E-state index in [1.54, 1.807) is 0 Å². The van der Waals surface area contributed by atoms with Gasteiger partial charge in [-0.1, -0.05) is 37.3 Å². The van der Waals surface area contributed by atoms with E-state index in [9.17, 15) is 19.2 Å². The van der Waals surface area contributed by atoms with Crippen molar-refractivity contribution in [1.82, 2.24) is 5.32 Å². The number of carbonyl (C=O) groups excluding carboxylic acids is 4. The molecule has 0 aromatic heterocycles. The molecule has 3 N–H and O–H groups in total. The summed E-state index contributed by atoms with van der Waals surface area (Å²) < 4.78 is 9.18. The van der Waals surface area contributed by atoms with Gasteiger partial charge in [0.25, 0.3) is 0 Å². The van der Waals surface area contributed by atoms with Crippen molar-refractivity contribution in [3.63, 3.8) is 0 Å². The molecule has 0 saturated carbocycles. The molecule has 1 rings (SSSR count). The molecule has 0 bridgehead atoms. The number of hydrogen-bond acceptors (Lipinski definition) is 6. The Morgan fingerprint density at radius 2 is 1.58 bits per heavy atom. The minimum atomic E-state index is -1.38. The summed E-state index contributed by atoms with van der Waals surface area (Å²) in [5.74, 6) is -5.32. The highest BCUT2D eigenvalue weighted by atomic mass is 16.5. The molecular formula is C18H24N2O6. The first-order chi connectivity index (χ1) is 12.3. The zero-order chi connectivity index (χ0) is 19.7. The molecule has 0 heterocycles. The topological polar surface area (TPSA) is 125 Å². The van der Waals surface area contributed by atoms with Gasteiger partial charge in [0, 0.05) is 12.3 Å². The number of esters is 2. The summed E-state index contributed by atoms with van der Waals surface area (Å²) in [6, 6.07) is 8.13. The number of carbonyl (C=O) groups is 4. The Balaban J connectivity index is 2.82. The minimum Gasteiger partial charge on any atom is -0.468 e. The monoisotopic (exact) mass is 364 g/mol. The summed E-state index contributed by atoms with van der Waals surface area (Å²) in [5.41, 5.74) is 6.32. The van der Waals surface area contributed by atoms with Crippen molar-refractivity contribution < 1.29 is 28.7 Å². The van der Waals surface area contributed by atoms with Crippen LogP contribution in [0.15, 0.2) is 30.3 Å². The van der Waals surface area contributed by atoms with E-state index < -0.39 is 41.6 Å². The number of methoxy groups -OCH3 is 2. The molecule has 0 aliphatic heterocycles. The molecule has 0 radical (unpaired) electrons. The molecule has 8 heteroatoms. The van der Waals surface area contributed by atoms with E-state index in [4.69, 9.17) is 5.73 Å². The van der Waals surface area contributed by atoms with Gasteiger partial charge in [-0.2, -0.15) is 0 Å². The number of nitrogens with one attached hydrogen (secondary N) is 1. The molecule has 0 unspecified atom stereocenters. The first-order valence-electron chi connectivity index (χ1n) is 8.10. The average molecular weight is 364 g/mol. The van der Waals surface area contributed by atoms with Crippen LogP contribution in [0, 0.1) is 11.8 Å². The highest BCUT2D eigenvalue weighted by Gasteiger charge is 2.41. The molecule has 0 aliphatic rings. The maximum absolute atomic E-state index is 12.2. The predicted molar refractivity (Wildman–Crippen MR) is 92.6 cm³/mol. The van der Waals surface area contributed by atoms with Crippen LogP contribution in [0.25, 0.3) is 0 Å². The Bertz CT molecular complexity index is 630. The van der Waals surface area contributed by atoms with Crippen molar-refractivity contribution in [2.75, 3.05) is 14.2 Å². The third kappa shape index (κ3) is 5.87. The fourth-order valence-corrected chi connectivity index (χ4v) is 2.58. The van der Waals surface area contributed by atoms with Gasteiger partial charge in [-0.15, -0.1) is 0 Å². The van der Waals surface area contributed by atoms with Crippen LogP contribution in [-0.4, -0.2) is 44.0 Å². The highest BCUT2D eigenvalue weighted by Crippen LogP contribution is 2.19. The van der Waals surface area contributed by atoms with Crippen LogP contribution in [0.5, 0.6) is 0 Å². The van der Waals surface area contributed by atoms with Gasteiger partial charge in [0.1, 0.15) is 6.04 Å². The van der Waals surface area contributed by atoms with E-state index in [1.165, 1.54) is 6.92 Å². The van der Waals surface area contributed by atoms with Crippen LogP contribution in [-0.2, 0) is 35.1 Å². The average Bonchev–Trinajstić information content (AvgIpc) is 2.64. The van der Waals surface area contributed by atoms with Gasteiger partial charge in [-0.3, -0.25) is 19.2 Å². The number of rotatable bonds is 9. The first kappa shape index (κ1) is 21.1. The van der Waals surface area contributed by atoms with Crippen LogP contribution in [0.3, 0.4) is 0 Å². The summed E-state index contributed by atoms with van der Waals surface area (Å²) in [6.07, 6.45) is 0.603. The summed E-state index contributed by atoms with van der Waals surface area (Å²) in [7, 11) is 2.23. The van der Waals surface area contributed by atoms with Crippen molar-refractivity contribution in [1.29, 1.82) is 0 Å². The molecule has 8 nitrogen and oxygen atoms in total. The van der Waals surface area contributed by atoms with Crippen molar-refractivity contribution in [3.8, 4) is 0 Å². The van der Waals surface area contributed by atoms with Crippen LogP contribution in [0.2, 0.25) is 0 Å². The molecular weight excluding hydrogens is 340 g/mol. The number of amides is 2. The number of hydrogen-bond donors (Lipinski definition) is 2. The molecule has 2 atom stereocenters. The van der Waals surface area contributed by atoms with Gasteiger partial charge in [-0.25, -0.2) is 0 Å². The standard InChI is InChI=1S/C18H24N2O6/c1-11(14(17(23)25-2)18(24)26-3)15(16(19)22)20-13(21)10-9-12-7-5-4-6-8-12/h4-8,11,14-15H,9-10H2,1-3H3,(H2,19,22)(H,20,21)/t11-,15+/m1/s1. The number of aryl methyl sites for hydroxylation is 1. The maximum atomic E-state index is 12.2. The fourth-order valence-electron chi connectivity index (χ4n) is 2.58. The lowest BCUT2D eigenvalue weighted by Gasteiger charge is -2.26. The largest absolute Gasteiger partial charge is 0.468 e. The fraction of sp³-hybridized carbons (Fsp3) is 0.444. The molecule has 1 aromatic rings. The van der Waals surface area contributed by atoms with E-state index in [-0.39, 0.29) is 6.42 Å². The SMILES string of the molecule is COC(=O)C(C(=O)OC)[C@@H](C)[C@H](NC(=O)CCc1ccccc1)C(N)=O. The van der Waals surface area contributed by atoms with Gasteiger partial charge >= 0.3 is 11.9 Å². The van der Waals surface area contributed by atoms with Gasteiger partial charge < -0.3 is 20.5 Å². The normalized spacial score (nSPS) is 12.8. The first-order valence-corrected chi connectivity index (χ1v) is 8.10. The number of primary amides is 1. The lowest BCUT2D eigenvalue weighted by molar-refractivity contribution is -0.162. The van der Waals surface area contributed by atoms with E-state index in [0.29, 0.717) is 6.42 Å². The Labute approximate surface area is 152 Å². The smallest absolute Gasteiger partial charge is 0.320 e. The van der Waals surface area contributed by atoms with Gasteiger partial charge in [0.05, 0.1) is 14.2 Å². The second-order valence-electron chi connectivity index (χ2n) is 5.82. The third-order valence-electron chi connectivity index (χ3n) is 4.07. The zero-order valence-corrected chi connectivity index (χ0v) is 15.1. The third-order valence-corrected chi connectivity index (χ3v) is 4.07. The molecule has 2 amide bonds. The van der Waals surface area contributed by atoms with Crippen molar-refractivity contribution in [2.45, 2.75) is 25.8 Å². The van der Waals surface area contributed by atoms with Crippen molar-refractivity contribution in [2.24, 2.45) is 17.6 Å². The molecule has 142 valence electrons. The van der Waals surface area contributed by atoms with Crippen LogP contribution in [0.4, 0.5) is 0 Å². The number of ether oxygens (including phenoxy) is 2. The predicted octanol–water partition coefficient (Wildman–Crippen LogP) is 0.188. The Morgan fingerprint density at radius 3 is 2.04 bits per heavy atom. The van der Waals surface area contributed by atoms with E-state index in [1.807, 2.05) is 30.3 Å². The second kappa shape index (κ2) is 10.2. The second-order valence-corrected chi connectivity index (χ2v) is 5.82. The summed E-state index contributed by atoms with van der Waals surface area (Å²) in [4.78, 5) is 47.7.